The van der Waals surface area contributed by atoms with E-state index in [1.807, 2.05) is 24.3 Å². The Hall–Kier alpha value is -2.12. The van der Waals surface area contributed by atoms with Crippen LogP contribution < -0.4 is 16.0 Å². The molecule has 2 fully saturated rings. The minimum atomic E-state index is -0.350. The number of urea groups is 1. The first-order valence-corrected chi connectivity index (χ1v) is 9.96. The summed E-state index contributed by atoms with van der Waals surface area (Å²) < 4.78 is 5.40. The van der Waals surface area contributed by atoms with Gasteiger partial charge in [-0.2, -0.15) is 0 Å². The van der Waals surface area contributed by atoms with Crippen LogP contribution in [-0.4, -0.2) is 55.7 Å². The molecule has 0 radical (unpaired) electrons. The number of likely N-dealkylation sites (tertiary alicyclic amines) is 1. The molecule has 2 heterocycles. The molecule has 0 aromatic heterocycles. The molecule has 0 saturated carbocycles. The number of rotatable bonds is 7. The van der Waals surface area contributed by atoms with Gasteiger partial charge >= 0.3 is 6.03 Å². The summed E-state index contributed by atoms with van der Waals surface area (Å²) in [5, 5.41) is 8.66. The molecular formula is C20H30N4O3. The summed E-state index contributed by atoms with van der Waals surface area (Å²) in [6, 6.07) is 7.35. The number of carbonyl (C=O) groups is 2. The molecule has 3 N–H and O–H groups in total. The van der Waals surface area contributed by atoms with Crippen LogP contribution in [0.4, 0.5) is 10.5 Å². The third-order valence-electron chi connectivity index (χ3n) is 5.03. The van der Waals surface area contributed by atoms with E-state index in [4.69, 9.17) is 4.74 Å². The maximum absolute atomic E-state index is 12.1. The lowest BCUT2D eigenvalue weighted by Gasteiger charge is -2.26. The number of nitrogens with zero attached hydrogens (tertiary/aromatic N) is 1. The molecule has 0 aliphatic carbocycles. The van der Waals surface area contributed by atoms with Crippen molar-refractivity contribution in [1.82, 2.24) is 15.5 Å². The van der Waals surface area contributed by atoms with Gasteiger partial charge in [-0.1, -0.05) is 18.6 Å². The largest absolute Gasteiger partial charge is 0.368 e. The van der Waals surface area contributed by atoms with Gasteiger partial charge in [-0.25, -0.2) is 4.79 Å². The van der Waals surface area contributed by atoms with Crippen LogP contribution in [0.3, 0.4) is 0 Å². The van der Waals surface area contributed by atoms with Gasteiger partial charge in [0, 0.05) is 31.9 Å². The average molecular weight is 374 g/mol. The van der Waals surface area contributed by atoms with Gasteiger partial charge in [-0.15, -0.1) is 0 Å². The van der Waals surface area contributed by atoms with Gasteiger partial charge in [0.25, 0.3) is 5.91 Å². The Balaban J connectivity index is 1.37. The molecular weight excluding hydrogens is 344 g/mol. The smallest absolute Gasteiger partial charge is 0.315 e. The van der Waals surface area contributed by atoms with E-state index in [0.29, 0.717) is 19.7 Å². The Morgan fingerprint density at radius 1 is 1.11 bits per heavy atom. The van der Waals surface area contributed by atoms with E-state index in [1.54, 1.807) is 0 Å². The predicted molar refractivity (Wildman–Crippen MR) is 105 cm³/mol. The monoisotopic (exact) mass is 374 g/mol. The molecule has 3 amide bonds. The highest BCUT2D eigenvalue weighted by Crippen LogP contribution is 2.16. The molecule has 1 aromatic rings. The van der Waals surface area contributed by atoms with E-state index in [-0.39, 0.29) is 18.0 Å². The summed E-state index contributed by atoms with van der Waals surface area (Å²) in [6.07, 6.45) is 5.17. The number of nitrogens with one attached hydrogen (secondary N) is 3. The van der Waals surface area contributed by atoms with Crippen molar-refractivity contribution in [1.29, 1.82) is 0 Å². The second kappa shape index (κ2) is 10.3. The highest BCUT2D eigenvalue weighted by atomic mass is 16.5. The molecule has 0 spiro atoms. The fraction of sp³-hybridized carbons (Fsp3) is 0.600. The van der Waals surface area contributed by atoms with Gasteiger partial charge < -0.3 is 25.6 Å². The molecule has 7 heteroatoms. The number of ether oxygens (including phenoxy) is 1. The molecule has 1 unspecified atom stereocenters. The van der Waals surface area contributed by atoms with Gasteiger partial charge in [-0.3, -0.25) is 4.79 Å². The minimum absolute atomic E-state index is 0.104. The van der Waals surface area contributed by atoms with Gasteiger partial charge in [0.2, 0.25) is 0 Å². The van der Waals surface area contributed by atoms with E-state index in [1.165, 1.54) is 19.3 Å². The first-order valence-electron chi connectivity index (χ1n) is 9.96. The third-order valence-corrected chi connectivity index (χ3v) is 5.03. The molecule has 7 nitrogen and oxygen atoms in total. The van der Waals surface area contributed by atoms with Crippen molar-refractivity contribution in [2.24, 2.45) is 0 Å². The first-order chi connectivity index (χ1) is 13.2. The summed E-state index contributed by atoms with van der Waals surface area (Å²) in [5.41, 5.74) is 1.66. The van der Waals surface area contributed by atoms with E-state index < -0.39 is 0 Å². The molecule has 2 aliphatic heterocycles. The Morgan fingerprint density at radius 3 is 2.74 bits per heavy atom. The van der Waals surface area contributed by atoms with Gasteiger partial charge in [0.05, 0.1) is 0 Å². The maximum atomic E-state index is 12.1. The number of piperidine rings is 1. The number of hydrogen-bond donors (Lipinski definition) is 3. The van der Waals surface area contributed by atoms with Gasteiger partial charge in [-0.05, 0) is 56.5 Å². The van der Waals surface area contributed by atoms with Crippen LogP contribution in [0.1, 0.15) is 37.7 Å². The van der Waals surface area contributed by atoms with Crippen LogP contribution in [0.25, 0.3) is 0 Å². The number of anilines is 1. The Morgan fingerprint density at radius 2 is 1.96 bits per heavy atom. The zero-order valence-corrected chi connectivity index (χ0v) is 15.8. The van der Waals surface area contributed by atoms with Crippen molar-refractivity contribution in [2.45, 2.75) is 44.8 Å². The van der Waals surface area contributed by atoms with E-state index in [0.717, 1.165) is 43.7 Å². The number of amides is 3. The van der Waals surface area contributed by atoms with Crippen molar-refractivity contribution < 1.29 is 14.3 Å². The van der Waals surface area contributed by atoms with Crippen molar-refractivity contribution in [3.8, 4) is 0 Å². The molecule has 148 valence electrons. The van der Waals surface area contributed by atoms with Gasteiger partial charge in [0.1, 0.15) is 6.10 Å². The van der Waals surface area contributed by atoms with Crippen LogP contribution in [-0.2, 0) is 16.1 Å². The zero-order chi connectivity index (χ0) is 18.9. The quantitative estimate of drug-likeness (QED) is 0.682. The van der Waals surface area contributed by atoms with Crippen molar-refractivity contribution in [3.05, 3.63) is 29.8 Å². The fourth-order valence-electron chi connectivity index (χ4n) is 3.52. The van der Waals surface area contributed by atoms with E-state index in [2.05, 4.69) is 20.9 Å². The van der Waals surface area contributed by atoms with Crippen LogP contribution in [0.5, 0.6) is 0 Å². The summed E-state index contributed by atoms with van der Waals surface area (Å²) in [5.74, 6) is -0.104. The Bertz CT molecular complexity index is 625. The number of carbonyl (C=O) groups excluding carboxylic acids is 2. The van der Waals surface area contributed by atoms with Gasteiger partial charge in [0.15, 0.2) is 0 Å². The molecule has 27 heavy (non-hydrogen) atoms. The standard InChI is InChI=1S/C20H30N4O3/c25-19(18-8-5-13-27-18)23-17-7-4-6-16(14-17)15-22-20(26)21-9-12-24-10-2-1-3-11-24/h4,6-7,14,18H,1-3,5,8-13,15H2,(H,23,25)(H2,21,22,26). The van der Waals surface area contributed by atoms with Crippen molar-refractivity contribution >= 4 is 17.6 Å². The Kier molecular flexibility index (Phi) is 7.47. The molecule has 2 aliphatic rings. The summed E-state index contributed by atoms with van der Waals surface area (Å²) in [6.45, 7) is 4.89. The lowest BCUT2D eigenvalue weighted by molar-refractivity contribution is -0.124. The maximum Gasteiger partial charge on any atom is 0.315 e. The second-order valence-corrected chi connectivity index (χ2v) is 7.20. The predicted octanol–water partition coefficient (Wildman–Crippen LogP) is 2.09. The van der Waals surface area contributed by atoms with Crippen molar-refractivity contribution in [3.63, 3.8) is 0 Å². The first kappa shape index (κ1) is 19.6. The number of hydrogen-bond acceptors (Lipinski definition) is 4. The molecule has 2 saturated heterocycles. The van der Waals surface area contributed by atoms with E-state index >= 15 is 0 Å². The summed E-state index contributed by atoms with van der Waals surface area (Å²) in [7, 11) is 0. The highest BCUT2D eigenvalue weighted by Gasteiger charge is 2.23. The highest BCUT2D eigenvalue weighted by molar-refractivity contribution is 5.94. The average Bonchev–Trinajstić information content (AvgIpc) is 3.23. The molecule has 3 rings (SSSR count). The normalized spacial score (nSPS) is 20.2. The molecule has 0 bridgehead atoms. The Labute approximate surface area is 160 Å². The summed E-state index contributed by atoms with van der Waals surface area (Å²) >= 11 is 0. The second-order valence-electron chi connectivity index (χ2n) is 7.20. The lowest BCUT2D eigenvalue weighted by Crippen LogP contribution is -2.41. The number of benzene rings is 1. The fourth-order valence-corrected chi connectivity index (χ4v) is 3.52. The molecule has 1 aromatic carbocycles. The van der Waals surface area contributed by atoms with E-state index in [9.17, 15) is 9.59 Å². The minimum Gasteiger partial charge on any atom is -0.368 e. The third kappa shape index (κ3) is 6.52. The van der Waals surface area contributed by atoms with Crippen LogP contribution >= 0.6 is 0 Å². The zero-order valence-electron chi connectivity index (χ0n) is 15.8. The lowest BCUT2D eigenvalue weighted by atomic mass is 10.1. The molecule has 1 atom stereocenters. The van der Waals surface area contributed by atoms with Crippen LogP contribution in [0.15, 0.2) is 24.3 Å². The van der Waals surface area contributed by atoms with Crippen LogP contribution in [0, 0.1) is 0 Å². The van der Waals surface area contributed by atoms with Crippen molar-refractivity contribution in [2.75, 3.05) is 38.1 Å². The topological polar surface area (TPSA) is 82.7 Å². The summed E-state index contributed by atoms with van der Waals surface area (Å²) in [4.78, 5) is 26.5. The van der Waals surface area contributed by atoms with Crippen LogP contribution in [0.2, 0.25) is 0 Å². The SMILES string of the molecule is O=C(NCCN1CCCCC1)NCc1cccc(NC(=O)C2CCCO2)c1.